The zero-order valence-electron chi connectivity index (χ0n) is 19.4. The SMILES string of the molecule is CN=C(NCc1ccccc1-n1nc(C)cc1C)N1CCC(NC(=O)OC(C)(C)C)C1. The summed E-state index contributed by atoms with van der Waals surface area (Å²) >= 11 is 0. The van der Waals surface area contributed by atoms with E-state index in [0.717, 1.165) is 41.6 Å². The molecule has 1 saturated heterocycles. The number of alkyl carbamates (subject to hydrolysis) is 1. The molecule has 0 bridgehead atoms. The third-order valence-corrected chi connectivity index (χ3v) is 5.09. The van der Waals surface area contributed by atoms with Crippen LogP contribution in [-0.4, -0.2) is 58.5 Å². The number of aromatic nitrogens is 2. The van der Waals surface area contributed by atoms with Crippen LogP contribution < -0.4 is 10.6 Å². The van der Waals surface area contributed by atoms with E-state index in [0.29, 0.717) is 13.1 Å². The second kappa shape index (κ2) is 9.41. The minimum atomic E-state index is -0.501. The first-order valence-electron chi connectivity index (χ1n) is 10.7. The number of aryl methyl sites for hydroxylation is 2. The topological polar surface area (TPSA) is 83.8 Å². The molecule has 0 aliphatic carbocycles. The molecule has 1 unspecified atom stereocenters. The lowest BCUT2D eigenvalue weighted by molar-refractivity contribution is 0.0507. The molecule has 1 aliphatic rings. The number of rotatable bonds is 4. The van der Waals surface area contributed by atoms with E-state index in [2.05, 4.69) is 50.7 Å². The van der Waals surface area contributed by atoms with Crippen LogP contribution in [0.4, 0.5) is 4.79 Å². The predicted molar refractivity (Wildman–Crippen MR) is 123 cm³/mol. The maximum Gasteiger partial charge on any atom is 0.407 e. The molecule has 1 aromatic heterocycles. The largest absolute Gasteiger partial charge is 0.444 e. The Morgan fingerprint density at radius 1 is 1.29 bits per heavy atom. The number of nitrogens with zero attached hydrogens (tertiary/aromatic N) is 4. The van der Waals surface area contributed by atoms with Crippen LogP contribution in [0.2, 0.25) is 0 Å². The zero-order chi connectivity index (χ0) is 22.6. The van der Waals surface area contributed by atoms with E-state index >= 15 is 0 Å². The van der Waals surface area contributed by atoms with Gasteiger partial charge in [0, 0.05) is 32.4 Å². The Morgan fingerprint density at radius 3 is 2.68 bits per heavy atom. The molecule has 0 spiro atoms. The Balaban J connectivity index is 1.61. The lowest BCUT2D eigenvalue weighted by atomic mass is 10.1. The van der Waals surface area contributed by atoms with Crippen molar-refractivity contribution in [1.82, 2.24) is 25.3 Å². The van der Waals surface area contributed by atoms with Crippen molar-refractivity contribution in [3.05, 3.63) is 47.3 Å². The first-order chi connectivity index (χ1) is 14.7. The van der Waals surface area contributed by atoms with Crippen LogP contribution in [0.15, 0.2) is 35.3 Å². The van der Waals surface area contributed by atoms with Gasteiger partial charge in [-0.05, 0) is 58.7 Å². The molecular formula is C23H34N6O2. The quantitative estimate of drug-likeness (QED) is 0.580. The molecular weight excluding hydrogens is 392 g/mol. The number of hydrogen-bond donors (Lipinski definition) is 2. The molecule has 168 valence electrons. The fraction of sp³-hybridized carbons (Fsp3) is 0.522. The summed E-state index contributed by atoms with van der Waals surface area (Å²) in [5, 5.41) is 11.1. The average Bonchev–Trinajstić information content (AvgIpc) is 3.27. The Hall–Kier alpha value is -3.03. The van der Waals surface area contributed by atoms with Crippen molar-refractivity contribution >= 4 is 12.1 Å². The van der Waals surface area contributed by atoms with Crippen LogP contribution in [-0.2, 0) is 11.3 Å². The van der Waals surface area contributed by atoms with Gasteiger partial charge in [-0.3, -0.25) is 4.99 Å². The highest BCUT2D eigenvalue weighted by Gasteiger charge is 2.28. The summed E-state index contributed by atoms with van der Waals surface area (Å²) < 4.78 is 7.35. The fourth-order valence-corrected chi connectivity index (χ4v) is 3.79. The van der Waals surface area contributed by atoms with Gasteiger partial charge in [-0.2, -0.15) is 5.10 Å². The van der Waals surface area contributed by atoms with E-state index in [1.54, 1.807) is 7.05 Å². The van der Waals surface area contributed by atoms with Crippen LogP contribution in [0.3, 0.4) is 0 Å². The number of amides is 1. The summed E-state index contributed by atoms with van der Waals surface area (Å²) in [7, 11) is 1.78. The molecule has 1 aliphatic heterocycles. The van der Waals surface area contributed by atoms with Gasteiger partial charge >= 0.3 is 6.09 Å². The van der Waals surface area contributed by atoms with Crippen LogP contribution in [0, 0.1) is 13.8 Å². The molecule has 0 radical (unpaired) electrons. The summed E-state index contributed by atoms with van der Waals surface area (Å²) in [5.41, 5.74) is 3.79. The number of carbonyl (C=O) groups is 1. The van der Waals surface area contributed by atoms with E-state index in [1.807, 2.05) is 44.5 Å². The number of carbonyl (C=O) groups excluding carboxylic acids is 1. The molecule has 2 N–H and O–H groups in total. The first-order valence-corrected chi connectivity index (χ1v) is 10.7. The highest BCUT2D eigenvalue weighted by atomic mass is 16.6. The summed E-state index contributed by atoms with van der Waals surface area (Å²) in [4.78, 5) is 18.7. The molecule has 0 saturated carbocycles. The number of ether oxygens (including phenoxy) is 1. The molecule has 2 aromatic rings. The van der Waals surface area contributed by atoms with Crippen molar-refractivity contribution in [2.75, 3.05) is 20.1 Å². The highest BCUT2D eigenvalue weighted by molar-refractivity contribution is 5.80. The lowest BCUT2D eigenvalue weighted by Crippen LogP contribution is -2.44. The number of hydrogen-bond acceptors (Lipinski definition) is 4. The van der Waals surface area contributed by atoms with Crippen LogP contribution in [0.1, 0.15) is 44.1 Å². The molecule has 2 heterocycles. The van der Waals surface area contributed by atoms with E-state index in [1.165, 1.54) is 0 Å². The number of likely N-dealkylation sites (tertiary alicyclic amines) is 1. The normalized spacial score (nSPS) is 17.0. The first kappa shape index (κ1) is 22.7. The van der Waals surface area contributed by atoms with Gasteiger partial charge in [-0.25, -0.2) is 9.48 Å². The Labute approximate surface area is 184 Å². The number of benzene rings is 1. The van der Waals surface area contributed by atoms with Gasteiger partial charge in [0.15, 0.2) is 5.96 Å². The van der Waals surface area contributed by atoms with Gasteiger partial charge in [0.2, 0.25) is 0 Å². The molecule has 1 aromatic carbocycles. The Kier molecular flexibility index (Phi) is 6.87. The van der Waals surface area contributed by atoms with Gasteiger partial charge in [0.1, 0.15) is 5.60 Å². The Morgan fingerprint density at radius 2 is 2.03 bits per heavy atom. The number of para-hydroxylation sites is 1. The Bertz CT molecular complexity index is 944. The van der Waals surface area contributed by atoms with Crippen LogP contribution >= 0.6 is 0 Å². The average molecular weight is 427 g/mol. The molecule has 1 atom stereocenters. The van der Waals surface area contributed by atoms with Gasteiger partial charge in [-0.15, -0.1) is 0 Å². The maximum atomic E-state index is 12.1. The van der Waals surface area contributed by atoms with Crippen LogP contribution in [0.5, 0.6) is 0 Å². The number of guanidine groups is 1. The van der Waals surface area contributed by atoms with E-state index < -0.39 is 5.60 Å². The lowest BCUT2D eigenvalue weighted by Gasteiger charge is -2.24. The van der Waals surface area contributed by atoms with Crippen molar-refractivity contribution in [1.29, 1.82) is 0 Å². The predicted octanol–water partition coefficient (Wildman–Crippen LogP) is 3.16. The van der Waals surface area contributed by atoms with Gasteiger partial charge in [-0.1, -0.05) is 18.2 Å². The monoisotopic (exact) mass is 426 g/mol. The summed E-state index contributed by atoms with van der Waals surface area (Å²) in [6, 6.07) is 10.3. The number of nitrogens with one attached hydrogen (secondary N) is 2. The maximum absolute atomic E-state index is 12.1. The highest BCUT2D eigenvalue weighted by Crippen LogP contribution is 2.18. The third-order valence-electron chi connectivity index (χ3n) is 5.09. The summed E-state index contributed by atoms with van der Waals surface area (Å²) in [6.45, 7) is 11.8. The van der Waals surface area contributed by atoms with E-state index in [4.69, 9.17) is 4.74 Å². The standard InChI is InChI=1S/C23H34N6O2/c1-16-13-17(2)29(27-16)20-10-8-7-9-18(20)14-25-21(24-6)28-12-11-19(15-28)26-22(30)31-23(3,4)5/h7-10,13,19H,11-12,14-15H2,1-6H3,(H,24,25)(H,26,30). The summed E-state index contributed by atoms with van der Waals surface area (Å²) in [6.07, 6.45) is 0.476. The second-order valence-corrected chi connectivity index (χ2v) is 8.95. The molecule has 1 fully saturated rings. The zero-order valence-corrected chi connectivity index (χ0v) is 19.4. The van der Waals surface area contributed by atoms with E-state index in [9.17, 15) is 4.79 Å². The minimum Gasteiger partial charge on any atom is -0.444 e. The van der Waals surface area contributed by atoms with Crippen molar-refractivity contribution in [3.8, 4) is 5.69 Å². The van der Waals surface area contributed by atoms with E-state index in [-0.39, 0.29) is 12.1 Å². The van der Waals surface area contributed by atoms with Gasteiger partial charge in [0.05, 0.1) is 17.4 Å². The third kappa shape index (κ3) is 5.99. The van der Waals surface area contributed by atoms with Crippen molar-refractivity contribution in [2.24, 2.45) is 4.99 Å². The summed E-state index contributed by atoms with van der Waals surface area (Å²) in [5.74, 6) is 0.816. The molecule has 1 amide bonds. The van der Waals surface area contributed by atoms with Crippen molar-refractivity contribution < 1.29 is 9.53 Å². The molecule has 3 rings (SSSR count). The molecule has 8 heteroatoms. The minimum absolute atomic E-state index is 0.0374. The van der Waals surface area contributed by atoms with Crippen molar-refractivity contribution in [3.63, 3.8) is 0 Å². The van der Waals surface area contributed by atoms with Crippen LogP contribution in [0.25, 0.3) is 5.69 Å². The number of aliphatic imine (C=N–C) groups is 1. The van der Waals surface area contributed by atoms with Gasteiger partial charge in [0.25, 0.3) is 0 Å². The fourth-order valence-electron chi connectivity index (χ4n) is 3.79. The smallest absolute Gasteiger partial charge is 0.407 e. The van der Waals surface area contributed by atoms with Gasteiger partial charge < -0.3 is 20.3 Å². The van der Waals surface area contributed by atoms with Crippen molar-refractivity contribution in [2.45, 2.75) is 59.2 Å². The molecule has 31 heavy (non-hydrogen) atoms. The second-order valence-electron chi connectivity index (χ2n) is 8.95. The molecule has 8 nitrogen and oxygen atoms in total.